The maximum Gasteiger partial charge on any atom is 0.0376 e. The van der Waals surface area contributed by atoms with Crippen LogP contribution in [0.4, 0.5) is 5.69 Å². The van der Waals surface area contributed by atoms with Gasteiger partial charge in [0, 0.05) is 24.3 Å². The Morgan fingerprint density at radius 3 is 2.82 bits per heavy atom. The van der Waals surface area contributed by atoms with Gasteiger partial charge in [-0.3, -0.25) is 0 Å². The number of hydrogen-bond acceptors (Lipinski definition) is 2. The monoisotopic (exact) mass is 230 g/mol. The predicted molar refractivity (Wildman–Crippen MR) is 72.6 cm³/mol. The summed E-state index contributed by atoms with van der Waals surface area (Å²) in [6.45, 7) is 3.30. The van der Waals surface area contributed by atoms with Crippen LogP contribution in [0.3, 0.4) is 0 Å². The summed E-state index contributed by atoms with van der Waals surface area (Å²) in [5.74, 6) is 0. The molecule has 0 radical (unpaired) electrons. The molecule has 0 spiro atoms. The normalized spacial score (nSPS) is 24.4. The van der Waals surface area contributed by atoms with Crippen molar-refractivity contribution in [2.75, 3.05) is 11.9 Å². The van der Waals surface area contributed by atoms with Crippen molar-refractivity contribution < 1.29 is 0 Å². The first-order valence-electron chi connectivity index (χ1n) is 6.91. The third-order valence-electron chi connectivity index (χ3n) is 4.23. The minimum absolute atomic E-state index is 0.617. The fourth-order valence-electron chi connectivity index (χ4n) is 3.23. The van der Waals surface area contributed by atoms with Gasteiger partial charge in [-0.1, -0.05) is 25.0 Å². The number of aryl methyl sites for hydroxylation is 1. The highest BCUT2D eigenvalue weighted by Crippen LogP contribution is 2.26. The maximum absolute atomic E-state index is 3.82. The molecule has 2 N–H and O–H groups in total. The second-order valence-corrected chi connectivity index (χ2v) is 5.53. The van der Waals surface area contributed by atoms with Crippen LogP contribution in [0.1, 0.15) is 36.8 Å². The quantitative estimate of drug-likeness (QED) is 0.816. The standard InChI is InChI=1S/C15H22N2/c1-11-5-4-8-15-14(11)9-13(10-16-15)17-12-6-2-3-7-12/h4-5,8,12-13,16-17H,2-3,6-7,9-10H2,1H3. The van der Waals surface area contributed by atoms with E-state index in [2.05, 4.69) is 35.8 Å². The van der Waals surface area contributed by atoms with Gasteiger partial charge in [0.2, 0.25) is 0 Å². The highest BCUT2D eigenvalue weighted by atomic mass is 15.0. The summed E-state index contributed by atoms with van der Waals surface area (Å²) in [7, 11) is 0. The fraction of sp³-hybridized carbons (Fsp3) is 0.600. The number of nitrogens with one attached hydrogen (secondary N) is 2. The molecule has 1 fully saturated rings. The lowest BCUT2D eigenvalue weighted by atomic mass is 9.95. The van der Waals surface area contributed by atoms with Crippen LogP contribution in [0.5, 0.6) is 0 Å². The summed E-state index contributed by atoms with van der Waals surface area (Å²) in [4.78, 5) is 0. The van der Waals surface area contributed by atoms with E-state index in [0.717, 1.165) is 12.6 Å². The van der Waals surface area contributed by atoms with Crippen LogP contribution in [0, 0.1) is 6.92 Å². The van der Waals surface area contributed by atoms with Crippen LogP contribution in [0.15, 0.2) is 18.2 Å². The van der Waals surface area contributed by atoms with Gasteiger partial charge in [0.25, 0.3) is 0 Å². The van der Waals surface area contributed by atoms with Gasteiger partial charge < -0.3 is 10.6 Å². The molecule has 1 aliphatic carbocycles. The number of benzene rings is 1. The van der Waals surface area contributed by atoms with Gasteiger partial charge in [-0.15, -0.1) is 0 Å². The molecule has 1 unspecified atom stereocenters. The molecule has 1 aromatic carbocycles. The van der Waals surface area contributed by atoms with Crippen molar-refractivity contribution in [3.8, 4) is 0 Å². The fourth-order valence-corrected chi connectivity index (χ4v) is 3.23. The van der Waals surface area contributed by atoms with Gasteiger partial charge in [-0.05, 0) is 43.4 Å². The first-order chi connectivity index (χ1) is 8.33. The lowest BCUT2D eigenvalue weighted by Gasteiger charge is -2.30. The van der Waals surface area contributed by atoms with E-state index in [4.69, 9.17) is 0 Å². The van der Waals surface area contributed by atoms with E-state index in [1.165, 1.54) is 48.9 Å². The summed E-state index contributed by atoms with van der Waals surface area (Å²) in [6.07, 6.45) is 6.75. The third kappa shape index (κ3) is 2.32. The molecule has 0 bridgehead atoms. The molecule has 0 amide bonds. The first kappa shape index (κ1) is 11.1. The Morgan fingerprint density at radius 2 is 2.00 bits per heavy atom. The van der Waals surface area contributed by atoms with E-state index in [1.54, 1.807) is 0 Å². The summed E-state index contributed by atoms with van der Waals surface area (Å²) >= 11 is 0. The van der Waals surface area contributed by atoms with Gasteiger partial charge in [-0.2, -0.15) is 0 Å². The molecular weight excluding hydrogens is 208 g/mol. The minimum atomic E-state index is 0.617. The Kier molecular flexibility index (Phi) is 3.06. The van der Waals surface area contributed by atoms with Crippen molar-refractivity contribution in [1.82, 2.24) is 5.32 Å². The molecule has 3 rings (SSSR count). The molecule has 1 saturated carbocycles. The van der Waals surface area contributed by atoms with Crippen molar-refractivity contribution >= 4 is 5.69 Å². The molecule has 2 nitrogen and oxygen atoms in total. The van der Waals surface area contributed by atoms with Crippen molar-refractivity contribution in [1.29, 1.82) is 0 Å². The van der Waals surface area contributed by atoms with Gasteiger partial charge >= 0.3 is 0 Å². The van der Waals surface area contributed by atoms with Crippen LogP contribution in [-0.4, -0.2) is 18.6 Å². The third-order valence-corrected chi connectivity index (χ3v) is 4.23. The molecule has 1 atom stereocenters. The van der Waals surface area contributed by atoms with Gasteiger partial charge in [0.1, 0.15) is 0 Å². The number of rotatable bonds is 2. The zero-order valence-corrected chi connectivity index (χ0v) is 10.6. The smallest absolute Gasteiger partial charge is 0.0376 e. The lowest BCUT2D eigenvalue weighted by molar-refractivity contribution is 0.432. The second kappa shape index (κ2) is 4.69. The van der Waals surface area contributed by atoms with E-state index in [0.29, 0.717) is 6.04 Å². The zero-order chi connectivity index (χ0) is 11.7. The van der Waals surface area contributed by atoms with E-state index < -0.39 is 0 Å². The van der Waals surface area contributed by atoms with Crippen LogP contribution in [-0.2, 0) is 6.42 Å². The van der Waals surface area contributed by atoms with E-state index in [-0.39, 0.29) is 0 Å². The van der Waals surface area contributed by atoms with Crippen molar-refractivity contribution in [2.45, 2.75) is 51.1 Å². The Morgan fingerprint density at radius 1 is 1.18 bits per heavy atom. The number of hydrogen-bond donors (Lipinski definition) is 2. The Bertz CT molecular complexity index is 394. The highest BCUT2D eigenvalue weighted by molar-refractivity contribution is 5.56. The molecule has 2 heteroatoms. The van der Waals surface area contributed by atoms with Gasteiger partial charge in [0.15, 0.2) is 0 Å². The SMILES string of the molecule is Cc1cccc2c1CC(NC1CCCC1)CN2. The lowest BCUT2D eigenvalue weighted by Crippen LogP contribution is -2.44. The van der Waals surface area contributed by atoms with Crippen molar-refractivity contribution in [3.05, 3.63) is 29.3 Å². The number of anilines is 1. The zero-order valence-electron chi connectivity index (χ0n) is 10.6. The first-order valence-corrected chi connectivity index (χ1v) is 6.91. The molecule has 1 heterocycles. The Labute approximate surface area is 104 Å². The number of fused-ring (bicyclic) bond motifs is 1. The Balaban J connectivity index is 1.69. The maximum atomic E-state index is 3.82. The summed E-state index contributed by atoms with van der Waals surface area (Å²) in [5.41, 5.74) is 4.27. The van der Waals surface area contributed by atoms with E-state index >= 15 is 0 Å². The highest BCUT2D eigenvalue weighted by Gasteiger charge is 2.23. The predicted octanol–water partition coefficient (Wildman–Crippen LogP) is 2.86. The molecule has 92 valence electrons. The molecule has 1 aliphatic heterocycles. The van der Waals surface area contributed by atoms with Crippen LogP contribution in [0.2, 0.25) is 0 Å². The molecule has 2 aliphatic rings. The minimum Gasteiger partial charge on any atom is -0.383 e. The topological polar surface area (TPSA) is 24.1 Å². The molecule has 17 heavy (non-hydrogen) atoms. The van der Waals surface area contributed by atoms with Crippen molar-refractivity contribution in [2.24, 2.45) is 0 Å². The Hall–Kier alpha value is -1.02. The van der Waals surface area contributed by atoms with Gasteiger partial charge in [0.05, 0.1) is 0 Å². The molecule has 0 saturated heterocycles. The van der Waals surface area contributed by atoms with E-state index in [1.807, 2.05) is 0 Å². The van der Waals surface area contributed by atoms with Crippen molar-refractivity contribution in [3.63, 3.8) is 0 Å². The van der Waals surface area contributed by atoms with Gasteiger partial charge in [-0.25, -0.2) is 0 Å². The largest absolute Gasteiger partial charge is 0.383 e. The molecular formula is C15H22N2. The molecule has 1 aromatic rings. The summed E-state index contributed by atoms with van der Waals surface area (Å²) in [6, 6.07) is 7.96. The van der Waals surface area contributed by atoms with Crippen LogP contribution >= 0.6 is 0 Å². The second-order valence-electron chi connectivity index (χ2n) is 5.53. The van der Waals surface area contributed by atoms with Crippen LogP contribution in [0.25, 0.3) is 0 Å². The van der Waals surface area contributed by atoms with E-state index in [9.17, 15) is 0 Å². The average molecular weight is 230 g/mol. The average Bonchev–Trinajstić information content (AvgIpc) is 2.83. The molecule has 0 aromatic heterocycles. The van der Waals surface area contributed by atoms with Crippen LogP contribution < -0.4 is 10.6 Å². The summed E-state index contributed by atoms with van der Waals surface area (Å²) < 4.78 is 0. The summed E-state index contributed by atoms with van der Waals surface area (Å²) in [5, 5.41) is 7.39.